The van der Waals surface area contributed by atoms with Gasteiger partial charge >= 0.3 is 5.97 Å². The maximum Gasteiger partial charge on any atom is 0.303 e. The molecule has 2 spiro atoms. The molecule has 0 aromatic carbocycles. The number of ketones is 1. The van der Waals surface area contributed by atoms with Crippen LogP contribution >= 0.6 is 0 Å². The molecular weight excluding hydrogens is 372 g/mol. The summed E-state index contributed by atoms with van der Waals surface area (Å²) in [5, 5.41) is 0. The molecule has 6 unspecified atom stereocenters. The molecule has 164 valence electrons. The summed E-state index contributed by atoms with van der Waals surface area (Å²) in [5.41, 5.74) is -2.86. The summed E-state index contributed by atoms with van der Waals surface area (Å²) in [7, 11) is 1.64. The first-order valence-electron chi connectivity index (χ1n) is 11.0. The number of carbonyl (C=O) groups excluding carboxylic acids is 2. The highest BCUT2D eigenvalue weighted by Gasteiger charge is 2.76. The third kappa shape index (κ3) is 2.78. The van der Waals surface area contributed by atoms with Crippen LogP contribution in [0.4, 0.5) is 0 Å². The van der Waals surface area contributed by atoms with Gasteiger partial charge in [-0.1, -0.05) is 27.2 Å². The SMILES string of the molecule is COC1CC2(CCC3(O2)C(C)(OC(C)=O)C(=O)CC2C(C)(C)CCCC23C)CO1. The molecule has 6 heteroatoms. The molecule has 6 atom stereocenters. The molecule has 0 aromatic heterocycles. The number of carbonyl (C=O) groups is 2. The van der Waals surface area contributed by atoms with Crippen molar-refractivity contribution in [1.29, 1.82) is 0 Å². The van der Waals surface area contributed by atoms with Gasteiger partial charge in [-0.25, -0.2) is 0 Å². The number of rotatable bonds is 2. The zero-order chi connectivity index (χ0) is 21.3. The highest BCUT2D eigenvalue weighted by atomic mass is 16.7. The fraction of sp³-hybridized carbons (Fsp3) is 0.913. The Morgan fingerprint density at radius 1 is 1.10 bits per heavy atom. The smallest absolute Gasteiger partial charge is 0.303 e. The Labute approximate surface area is 174 Å². The fourth-order valence-corrected chi connectivity index (χ4v) is 7.36. The predicted octanol–water partition coefficient (Wildman–Crippen LogP) is 3.79. The molecule has 2 saturated carbocycles. The Bertz CT molecular complexity index is 718. The summed E-state index contributed by atoms with van der Waals surface area (Å²) in [5.74, 6) is -0.251. The number of esters is 1. The van der Waals surface area contributed by atoms with Crippen molar-refractivity contribution < 1.29 is 28.5 Å². The van der Waals surface area contributed by atoms with Crippen LogP contribution in [0, 0.1) is 16.7 Å². The number of ether oxygens (including phenoxy) is 4. The van der Waals surface area contributed by atoms with Crippen molar-refractivity contribution in [1.82, 2.24) is 0 Å². The maximum atomic E-state index is 13.6. The standard InChI is InChI=1S/C23H36O6/c1-15(24)28-21(5)17(25)12-16-19(2,3)8-7-9-20(16,4)23(21)11-10-22(29-23)13-18(26-6)27-14-22/h16,18H,7-14H2,1-6H3. The van der Waals surface area contributed by atoms with Crippen molar-refractivity contribution in [2.75, 3.05) is 13.7 Å². The van der Waals surface area contributed by atoms with Crippen LogP contribution in [0.2, 0.25) is 0 Å². The van der Waals surface area contributed by atoms with Gasteiger partial charge in [-0.05, 0) is 43.9 Å². The van der Waals surface area contributed by atoms with Crippen molar-refractivity contribution in [3.63, 3.8) is 0 Å². The van der Waals surface area contributed by atoms with E-state index in [-0.39, 0.29) is 28.8 Å². The first-order chi connectivity index (χ1) is 13.4. The Morgan fingerprint density at radius 2 is 1.83 bits per heavy atom. The molecule has 0 aromatic rings. The second-order valence-electron chi connectivity index (χ2n) is 10.9. The third-order valence-electron chi connectivity index (χ3n) is 8.85. The van der Waals surface area contributed by atoms with Gasteiger partial charge in [0.2, 0.25) is 0 Å². The molecule has 0 radical (unpaired) electrons. The summed E-state index contributed by atoms with van der Waals surface area (Å²) in [6, 6.07) is 0. The Kier molecular flexibility index (Phi) is 4.77. The maximum absolute atomic E-state index is 13.6. The van der Waals surface area contributed by atoms with Gasteiger partial charge in [-0.3, -0.25) is 9.59 Å². The van der Waals surface area contributed by atoms with Gasteiger partial charge in [0.1, 0.15) is 5.60 Å². The summed E-state index contributed by atoms with van der Waals surface area (Å²) >= 11 is 0. The van der Waals surface area contributed by atoms with Crippen LogP contribution in [0.1, 0.15) is 79.6 Å². The lowest BCUT2D eigenvalue weighted by Crippen LogP contribution is -2.74. The quantitative estimate of drug-likeness (QED) is 0.648. The predicted molar refractivity (Wildman–Crippen MR) is 106 cm³/mol. The van der Waals surface area contributed by atoms with Crippen LogP contribution in [0.3, 0.4) is 0 Å². The van der Waals surface area contributed by atoms with E-state index >= 15 is 0 Å². The van der Waals surface area contributed by atoms with Crippen LogP contribution in [-0.2, 0) is 28.5 Å². The number of methoxy groups -OCH3 is 1. The molecule has 2 aliphatic carbocycles. The van der Waals surface area contributed by atoms with Crippen molar-refractivity contribution in [3.8, 4) is 0 Å². The summed E-state index contributed by atoms with van der Waals surface area (Å²) in [6.45, 7) is 10.4. The molecule has 2 saturated heterocycles. The van der Waals surface area contributed by atoms with E-state index in [1.807, 2.05) is 0 Å². The van der Waals surface area contributed by atoms with Crippen molar-refractivity contribution in [2.24, 2.45) is 16.7 Å². The molecular formula is C23H36O6. The lowest BCUT2D eigenvalue weighted by molar-refractivity contribution is -0.286. The fourth-order valence-electron chi connectivity index (χ4n) is 7.36. The van der Waals surface area contributed by atoms with E-state index < -0.39 is 22.8 Å². The summed E-state index contributed by atoms with van der Waals surface area (Å²) < 4.78 is 24.1. The molecule has 0 bridgehead atoms. The van der Waals surface area contributed by atoms with E-state index in [9.17, 15) is 9.59 Å². The first kappa shape index (κ1) is 21.3. The summed E-state index contributed by atoms with van der Waals surface area (Å²) in [6.07, 6.45) is 5.39. The van der Waals surface area contributed by atoms with Gasteiger partial charge in [0, 0.05) is 32.3 Å². The van der Waals surface area contributed by atoms with E-state index in [0.29, 0.717) is 25.9 Å². The Morgan fingerprint density at radius 3 is 2.45 bits per heavy atom. The van der Waals surface area contributed by atoms with Crippen molar-refractivity contribution in [3.05, 3.63) is 0 Å². The summed E-state index contributed by atoms with van der Waals surface area (Å²) in [4.78, 5) is 25.7. The molecule has 4 aliphatic rings. The van der Waals surface area contributed by atoms with E-state index in [1.165, 1.54) is 6.92 Å². The number of Topliss-reactive ketones (excluding diaryl/α,β-unsaturated/α-hetero) is 1. The number of hydrogen-bond donors (Lipinski definition) is 0. The monoisotopic (exact) mass is 408 g/mol. The second-order valence-corrected chi connectivity index (χ2v) is 10.9. The van der Waals surface area contributed by atoms with Crippen LogP contribution in [0.5, 0.6) is 0 Å². The average molecular weight is 409 g/mol. The molecule has 6 nitrogen and oxygen atoms in total. The minimum absolute atomic E-state index is 0.00981. The highest BCUT2D eigenvalue weighted by molar-refractivity contribution is 5.92. The number of hydrogen-bond acceptors (Lipinski definition) is 6. The lowest BCUT2D eigenvalue weighted by atomic mass is 9.43. The Hall–Kier alpha value is -0.980. The molecule has 2 heterocycles. The van der Waals surface area contributed by atoms with E-state index in [2.05, 4.69) is 20.8 Å². The van der Waals surface area contributed by atoms with Crippen LogP contribution < -0.4 is 0 Å². The molecule has 2 aliphatic heterocycles. The molecule has 0 amide bonds. The van der Waals surface area contributed by atoms with Crippen LogP contribution in [0.25, 0.3) is 0 Å². The van der Waals surface area contributed by atoms with Gasteiger partial charge in [0.25, 0.3) is 0 Å². The van der Waals surface area contributed by atoms with E-state index in [0.717, 1.165) is 25.7 Å². The topological polar surface area (TPSA) is 71.1 Å². The minimum Gasteiger partial charge on any atom is -0.448 e. The largest absolute Gasteiger partial charge is 0.448 e. The van der Waals surface area contributed by atoms with E-state index in [4.69, 9.17) is 18.9 Å². The Balaban J connectivity index is 1.83. The van der Waals surface area contributed by atoms with Gasteiger partial charge in [0.05, 0.1) is 12.2 Å². The van der Waals surface area contributed by atoms with Gasteiger partial charge in [-0.15, -0.1) is 0 Å². The zero-order valence-electron chi connectivity index (χ0n) is 18.8. The average Bonchev–Trinajstić information content (AvgIpc) is 3.21. The van der Waals surface area contributed by atoms with Crippen LogP contribution in [-0.4, -0.2) is 48.6 Å². The second kappa shape index (κ2) is 6.51. The molecule has 0 N–H and O–H groups in total. The van der Waals surface area contributed by atoms with Gasteiger partial charge < -0.3 is 18.9 Å². The minimum atomic E-state index is -1.29. The highest BCUT2D eigenvalue weighted by Crippen LogP contribution is 2.69. The van der Waals surface area contributed by atoms with Crippen molar-refractivity contribution in [2.45, 2.75) is 103 Å². The third-order valence-corrected chi connectivity index (χ3v) is 8.85. The molecule has 4 rings (SSSR count). The lowest BCUT2D eigenvalue weighted by Gasteiger charge is -2.65. The normalized spacial score (nSPS) is 48.8. The molecule has 29 heavy (non-hydrogen) atoms. The van der Waals surface area contributed by atoms with Gasteiger partial charge in [-0.2, -0.15) is 0 Å². The number of fused-ring (bicyclic) bond motifs is 2. The first-order valence-corrected chi connectivity index (χ1v) is 11.0. The van der Waals surface area contributed by atoms with Crippen LogP contribution in [0.15, 0.2) is 0 Å². The molecule has 4 fully saturated rings. The zero-order valence-corrected chi connectivity index (χ0v) is 18.8. The van der Waals surface area contributed by atoms with E-state index in [1.54, 1.807) is 14.0 Å². The van der Waals surface area contributed by atoms with Crippen molar-refractivity contribution >= 4 is 11.8 Å². The van der Waals surface area contributed by atoms with Gasteiger partial charge in [0.15, 0.2) is 17.7 Å².